The van der Waals surface area contributed by atoms with Gasteiger partial charge in [0.1, 0.15) is 12.0 Å². The number of rotatable bonds is 3. The number of aryl methyl sites for hydroxylation is 1. The van der Waals surface area contributed by atoms with Crippen molar-refractivity contribution in [2.45, 2.75) is 11.8 Å². The van der Waals surface area contributed by atoms with Crippen LogP contribution in [-0.2, 0) is 11.2 Å². The molecule has 0 bridgehead atoms. The maximum absolute atomic E-state index is 9.82. The van der Waals surface area contributed by atoms with Crippen molar-refractivity contribution in [2.24, 2.45) is 0 Å². The Morgan fingerprint density at radius 2 is 1.91 bits per heavy atom. The third-order valence-electron chi connectivity index (χ3n) is 3.54. The Bertz CT molecular complexity index is 834. The van der Waals surface area contributed by atoms with Crippen LogP contribution in [0.1, 0.15) is 5.56 Å². The quantitative estimate of drug-likeness (QED) is 0.638. The van der Waals surface area contributed by atoms with Crippen LogP contribution in [0.3, 0.4) is 0 Å². The molecule has 0 fully saturated rings. The summed E-state index contributed by atoms with van der Waals surface area (Å²) in [7, 11) is 0. The van der Waals surface area contributed by atoms with E-state index in [4.69, 9.17) is 0 Å². The molecule has 0 saturated carbocycles. The van der Waals surface area contributed by atoms with Crippen LogP contribution < -0.4 is 5.32 Å². The summed E-state index contributed by atoms with van der Waals surface area (Å²) in [5.74, 6) is 0.259. The number of anilines is 2. The summed E-state index contributed by atoms with van der Waals surface area (Å²) >= 11 is -0.792. The molecule has 5 heteroatoms. The molecule has 0 radical (unpaired) electrons. The van der Waals surface area contributed by atoms with Crippen LogP contribution >= 0.6 is 0 Å². The lowest BCUT2D eigenvalue weighted by Crippen LogP contribution is -1.98. The molecule has 1 heterocycles. The van der Waals surface area contributed by atoms with E-state index < -0.39 is 11.2 Å². The zero-order valence-electron chi connectivity index (χ0n) is 12.4. The summed E-state index contributed by atoms with van der Waals surface area (Å²) in [6.45, 7) is 1.86. The summed E-state index contributed by atoms with van der Waals surface area (Å²) in [4.78, 5) is 5.22. The second-order valence-electron chi connectivity index (χ2n) is 5.14. The summed E-state index contributed by atoms with van der Waals surface area (Å²) in [6.07, 6.45) is 3.51. The molecule has 4 nitrogen and oxygen atoms in total. The summed E-state index contributed by atoms with van der Waals surface area (Å²) in [6, 6.07) is 13.1. The van der Waals surface area contributed by atoms with Crippen molar-refractivity contribution >= 4 is 33.5 Å². The van der Waals surface area contributed by atoms with Crippen LogP contribution in [-0.4, -0.2) is 20.9 Å². The number of nitrogens with zero attached hydrogens (tertiary/aromatic N) is 1. The third-order valence-corrected chi connectivity index (χ3v) is 4.48. The van der Waals surface area contributed by atoms with E-state index in [1.165, 1.54) is 0 Å². The van der Waals surface area contributed by atoms with E-state index >= 15 is 0 Å². The van der Waals surface area contributed by atoms with Gasteiger partial charge in [-0.2, -0.15) is 4.55 Å². The average Bonchev–Trinajstić information content (AvgIpc) is 2.51. The van der Waals surface area contributed by atoms with Gasteiger partial charge in [-0.15, -0.1) is 0 Å². The van der Waals surface area contributed by atoms with Gasteiger partial charge in [0.25, 0.3) is 0 Å². The molecule has 2 aromatic carbocycles. The van der Waals surface area contributed by atoms with Gasteiger partial charge in [0, 0.05) is 35.1 Å². The average molecular weight is 313 g/mol. The zero-order chi connectivity index (χ0) is 15.7. The summed E-state index contributed by atoms with van der Waals surface area (Å²) in [5, 5.41) is 14.1. The van der Waals surface area contributed by atoms with Crippen molar-refractivity contribution in [3.05, 3.63) is 54.2 Å². The fourth-order valence-corrected chi connectivity index (χ4v) is 2.81. The van der Waals surface area contributed by atoms with Gasteiger partial charge in [0.15, 0.2) is 16.1 Å². The van der Waals surface area contributed by atoms with Gasteiger partial charge in [-0.3, -0.25) is 4.98 Å². The monoisotopic (exact) mass is 313 g/mol. The van der Waals surface area contributed by atoms with E-state index in [0.29, 0.717) is 0 Å². The fourth-order valence-electron chi connectivity index (χ4n) is 2.26. The molecule has 1 atom stereocenters. The Balaban J connectivity index is 2.05. The highest BCUT2D eigenvalue weighted by Gasteiger charge is 2.14. The number of fused-ring (bicyclic) bond motifs is 1. The molecular formula is C17H17N2O2S+. The van der Waals surface area contributed by atoms with E-state index in [0.717, 1.165) is 32.7 Å². The van der Waals surface area contributed by atoms with Crippen LogP contribution in [0, 0.1) is 6.92 Å². The first-order valence-corrected chi connectivity index (χ1v) is 8.44. The van der Waals surface area contributed by atoms with Crippen LogP contribution in [0.2, 0.25) is 0 Å². The highest BCUT2D eigenvalue weighted by molar-refractivity contribution is 7.90. The zero-order valence-corrected chi connectivity index (χ0v) is 13.2. The van der Waals surface area contributed by atoms with Gasteiger partial charge in [-0.1, -0.05) is 6.07 Å². The second-order valence-corrected chi connectivity index (χ2v) is 6.57. The Morgan fingerprint density at radius 1 is 1.09 bits per heavy atom. The second kappa shape index (κ2) is 5.87. The molecule has 0 aliphatic carbocycles. The molecule has 0 spiro atoms. The molecule has 22 heavy (non-hydrogen) atoms. The van der Waals surface area contributed by atoms with Crippen LogP contribution in [0.15, 0.2) is 53.6 Å². The lowest BCUT2D eigenvalue weighted by atomic mass is 10.1. The number of benzene rings is 2. The normalized spacial score (nSPS) is 12.3. The molecule has 1 aromatic heterocycles. The predicted molar refractivity (Wildman–Crippen MR) is 92.1 cm³/mol. The summed E-state index contributed by atoms with van der Waals surface area (Å²) in [5.41, 5.74) is 3.39. The van der Waals surface area contributed by atoms with Gasteiger partial charge in [-0.05, 0) is 36.8 Å². The lowest BCUT2D eigenvalue weighted by molar-refractivity contribution is 0.471. The largest absolute Gasteiger partial charge is 0.508 e. The number of phenols is 1. The number of phenolic OH excluding ortho intramolecular Hbond substituents is 1. The minimum Gasteiger partial charge on any atom is -0.508 e. The number of hydrogen-bond acceptors (Lipinski definition) is 4. The molecule has 0 aliphatic heterocycles. The fraction of sp³-hybridized carbons (Fsp3) is 0.118. The maximum atomic E-state index is 9.82. The summed E-state index contributed by atoms with van der Waals surface area (Å²) < 4.78 is 9.78. The van der Waals surface area contributed by atoms with Crippen molar-refractivity contribution in [3.63, 3.8) is 0 Å². The molecule has 0 saturated heterocycles. The number of pyridine rings is 1. The Labute approximate surface area is 132 Å². The minimum atomic E-state index is -0.792. The van der Waals surface area contributed by atoms with Crippen molar-refractivity contribution in [1.82, 2.24) is 4.98 Å². The van der Waals surface area contributed by atoms with E-state index in [1.54, 1.807) is 18.5 Å². The topological polar surface area (TPSA) is 65.4 Å². The Morgan fingerprint density at radius 3 is 2.64 bits per heavy atom. The van der Waals surface area contributed by atoms with E-state index in [1.807, 2.05) is 43.3 Å². The molecule has 0 aliphatic rings. The Hall–Kier alpha value is -2.24. The predicted octanol–water partition coefficient (Wildman–Crippen LogP) is 4.07. The molecule has 3 aromatic rings. The molecule has 3 N–H and O–H groups in total. The van der Waals surface area contributed by atoms with Crippen molar-refractivity contribution in [3.8, 4) is 5.75 Å². The van der Waals surface area contributed by atoms with Gasteiger partial charge < -0.3 is 10.4 Å². The number of hydrogen-bond donors (Lipinski definition) is 3. The van der Waals surface area contributed by atoms with E-state index in [9.17, 15) is 9.66 Å². The van der Waals surface area contributed by atoms with Gasteiger partial charge in [0.2, 0.25) is 0 Å². The van der Waals surface area contributed by atoms with Gasteiger partial charge in [0.05, 0.1) is 5.52 Å². The van der Waals surface area contributed by atoms with Crippen molar-refractivity contribution < 1.29 is 9.66 Å². The minimum absolute atomic E-state index is 0.259. The number of aromatic hydroxyl groups is 1. The third kappa shape index (κ3) is 2.86. The first-order valence-electron chi connectivity index (χ1n) is 6.85. The van der Waals surface area contributed by atoms with Crippen LogP contribution in [0.25, 0.3) is 10.9 Å². The van der Waals surface area contributed by atoms with E-state index in [-0.39, 0.29) is 5.75 Å². The molecule has 112 valence electrons. The molecule has 1 unspecified atom stereocenters. The van der Waals surface area contributed by atoms with Gasteiger partial charge >= 0.3 is 0 Å². The standard InChI is InChI=1S/C17H16N2O2S/c1-11-3-4-12(9-17(11)20)19-16-7-8-18-15-6-5-13(22(2)21)10-14(15)16/h3-10,21H,1-2H3,(H-,18,19,20)/p+1. The first-order chi connectivity index (χ1) is 10.5. The number of aromatic nitrogens is 1. The van der Waals surface area contributed by atoms with Crippen molar-refractivity contribution in [1.29, 1.82) is 0 Å². The first kappa shape index (κ1) is 14.7. The molecular weight excluding hydrogens is 296 g/mol. The van der Waals surface area contributed by atoms with Crippen LogP contribution in [0.4, 0.5) is 11.4 Å². The van der Waals surface area contributed by atoms with Gasteiger partial charge in [-0.25, -0.2) is 0 Å². The Kier molecular flexibility index (Phi) is 3.92. The molecule has 3 rings (SSSR count). The number of nitrogens with one attached hydrogen (secondary N) is 1. The smallest absolute Gasteiger partial charge is 0.190 e. The van der Waals surface area contributed by atoms with Crippen molar-refractivity contribution in [2.75, 3.05) is 11.6 Å². The van der Waals surface area contributed by atoms with Crippen LogP contribution in [0.5, 0.6) is 5.75 Å². The lowest BCUT2D eigenvalue weighted by Gasteiger charge is -2.10. The highest BCUT2D eigenvalue weighted by Crippen LogP contribution is 2.29. The maximum Gasteiger partial charge on any atom is 0.190 e. The van der Waals surface area contributed by atoms with E-state index in [2.05, 4.69) is 10.3 Å². The highest BCUT2D eigenvalue weighted by atomic mass is 32.2. The molecule has 0 amide bonds. The SMILES string of the molecule is Cc1ccc(Nc2ccnc3ccc([S+](C)O)cc23)cc1O.